The van der Waals surface area contributed by atoms with E-state index in [0.29, 0.717) is 22.8 Å². The van der Waals surface area contributed by atoms with Crippen molar-refractivity contribution in [2.24, 2.45) is 0 Å². The summed E-state index contributed by atoms with van der Waals surface area (Å²) in [4.78, 5) is 0. The van der Waals surface area contributed by atoms with Gasteiger partial charge in [-0.25, -0.2) is 0 Å². The lowest BCUT2D eigenvalue weighted by Crippen LogP contribution is -1.96. The summed E-state index contributed by atoms with van der Waals surface area (Å²) in [6.45, 7) is 5.67. The molecule has 0 aromatic heterocycles. The Morgan fingerprint density at radius 2 is 1.54 bits per heavy atom. The van der Waals surface area contributed by atoms with E-state index in [4.69, 9.17) is 21.1 Å². The maximum atomic E-state index is 5.67. The lowest BCUT2D eigenvalue weighted by atomic mass is 10.2. The molecule has 3 heteroatoms. The standard InChI is InChI=1S/C10H12O3/c1-7-5-6-8(11-2)10(13-4)9(7)12-3/h1,5-6H,2-4H3. The van der Waals surface area contributed by atoms with E-state index < -0.39 is 0 Å². The van der Waals surface area contributed by atoms with E-state index in [1.165, 1.54) is 7.11 Å². The van der Waals surface area contributed by atoms with Crippen LogP contribution in [0.25, 0.3) is 0 Å². The molecule has 2 radical (unpaired) electrons. The van der Waals surface area contributed by atoms with Gasteiger partial charge in [0.05, 0.1) is 21.3 Å². The summed E-state index contributed by atoms with van der Waals surface area (Å²) in [6, 6.07) is 3.44. The van der Waals surface area contributed by atoms with Crippen LogP contribution in [0.3, 0.4) is 0 Å². The Morgan fingerprint density at radius 1 is 0.923 bits per heavy atom. The average Bonchev–Trinajstić information content (AvgIpc) is 2.17. The Hall–Kier alpha value is -1.38. The Kier molecular flexibility index (Phi) is 3.01. The molecule has 0 amide bonds. The van der Waals surface area contributed by atoms with Crippen molar-refractivity contribution in [1.29, 1.82) is 0 Å². The van der Waals surface area contributed by atoms with Crippen LogP contribution in [0.1, 0.15) is 5.56 Å². The van der Waals surface area contributed by atoms with E-state index in [0.717, 1.165) is 0 Å². The molecule has 0 heterocycles. The van der Waals surface area contributed by atoms with E-state index in [1.54, 1.807) is 26.4 Å². The van der Waals surface area contributed by atoms with Crippen LogP contribution in [0.2, 0.25) is 0 Å². The first-order valence-corrected chi connectivity index (χ1v) is 3.79. The molecule has 0 aliphatic carbocycles. The van der Waals surface area contributed by atoms with Crippen LogP contribution in [0, 0.1) is 6.92 Å². The fourth-order valence-electron chi connectivity index (χ4n) is 1.12. The first-order chi connectivity index (χ1) is 6.24. The van der Waals surface area contributed by atoms with Gasteiger partial charge in [0.25, 0.3) is 0 Å². The predicted octanol–water partition coefficient (Wildman–Crippen LogP) is 1.77. The van der Waals surface area contributed by atoms with Gasteiger partial charge >= 0.3 is 0 Å². The van der Waals surface area contributed by atoms with Crippen LogP contribution >= 0.6 is 0 Å². The molecule has 0 unspecified atom stereocenters. The fraction of sp³-hybridized carbons (Fsp3) is 0.300. The Morgan fingerprint density at radius 3 is 2.00 bits per heavy atom. The number of methoxy groups -OCH3 is 3. The Labute approximate surface area is 78.2 Å². The molecule has 1 rings (SSSR count). The van der Waals surface area contributed by atoms with E-state index in [-0.39, 0.29) is 0 Å². The van der Waals surface area contributed by atoms with E-state index >= 15 is 0 Å². The molecule has 0 aliphatic heterocycles. The number of rotatable bonds is 3. The van der Waals surface area contributed by atoms with Crippen LogP contribution in [-0.4, -0.2) is 21.3 Å². The molecule has 0 spiro atoms. The highest BCUT2D eigenvalue weighted by molar-refractivity contribution is 5.56. The smallest absolute Gasteiger partial charge is 0.203 e. The van der Waals surface area contributed by atoms with Crippen LogP contribution in [-0.2, 0) is 0 Å². The van der Waals surface area contributed by atoms with Gasteiger partial charge < -0.3 is 14.2 Å². The van der Waals surface area contributed by atoms with Crippen molar-refractivity contribution in [2.45, 2.75) is 0 Å². The second-order valence-corrected chi connectivity index (χ2v) is 2.42. The zero-order valence-corrected chi connectivity index (χ0v) is 7.96. The normalized spacial score (nSPS) is 9.54. The molecule has 0 saturated heterocycles. The van der Waals surface area contributed by atoms with Crippen molar-refractivity contribution in [3.05, 3.63) is 24.6 Å². The summed E-state index contributed by atoms with van der Waals surface area (Å²) in [5.41, 5.74) is 0.528. The van der Waals surface area contributed by atoms with E-state index in [2.05, 4.69) is 0 Å². The minimum absolute atomic E-state index is 0.502. The van der Waals surface area contributed by atoms with E-state index in [1.807, 2.05) is 0 Å². The summed E-state index contributed by atoms with van der Waals surface area (Å²) in [7, 11) is 4.64. The molecule has 0 atom stereocenters. The number of benzene rings is 1. The van der Waals surface area contributed by atoms with Crippen molar-refractivity contribution in [1.82, 2.24) is 0 Å². The first-order valence-electron chi connectivity index (χ1n) is 3.79. The van der Waals surface area contributed by atoms with Gasteiger partial charge in [-0.05, 0) is 6.07 Å². The summed E-state index contributed by atoms with van der Waals surface area (Å²) in [6.07, 6.45) is 0. The zero-order valence-electron chi connectivity index (χ0n) is 7.96. The number of hydrogen-bond acceptors (Lipinski definition) is 3. The average molecular weight is 180 g/mol. The largest absolute Gasteiger partial charge is 0.493 e. The summed E-state index contributed by atoms with van der Waals surface area (Å²) >= 11 is 0. The van der Waals surface area contributed by atoms with Crippen LogP contribution in [0.15, 0.2) is 12.1 Å². The quantitative estimate of drug-likeness (QED) is 0.709. The Bertz CT molecular complexity index is 294. The first kappa shape index (κ1) is 9.71. The summed E-state index contributed by atoms with van der Waals surface area (Å²) < 4.78 is 15.3. The lowest BCUT2D eigenvalue weighted by molar-refractivity contribution is 0.323. The van der Waals surface area contributed by atoms with Crippen molar-refractivity contribution >= 4 is 0 Å². The van der Waals surface area contributed by atoms with Crippen LogP contribution in [0.4, 0.5) is 0 Å². The van der Waals surface area contributed by atoms with Gasteiger partial charge in [-0.3, -0.25) is 0 Å². The molecule has 0 aliphatic rings. The van der Waals surface area contributed by atoms with E-state index in [9.17, 15) is 0 Å². The van der Waals surface area contributed by atoms with Crippen molar-refractivity contribution < 1.29 is 14.2 Å². The highest BCUT2D eigenvalue weighted by Crippen LogP contribution is 2.38. The maximum Gasteiger partial charge on any atom is 0.203 e. The molecule has 13 heavy (non-hydrogen) atoms. The second-order valence-electron chi connectivity index (χ2n) is 2.42. The SMILES string of the molecule is [CH]c1ccc(OC)c(OC)c1OC. The third-order valence-electron chi connectivity index (χ3n) is 1.73. The third-order valence-corrected chi connectivity index (χ3v) is 1.73. The van der Waals surface area contributed by atoms with Crippen molar-refractivity contribution in [2.75, 3.05) is 21.3 Å². The van der Waals surface area contributed by atoms with Gasteiger partial charge in [-0.15, -0.1) is 0 Å². The molecular weight excluding hydrogens is 168 g/mol. The molecule has 1 aromatic carbocycles. The topological polar surface area (TPSA) is 27.7 Å². The van der Waals surface area contributed by atoms with Gasteiger partial charge in [-0.1, -0.05) is 6.07 Å². The molecule has 0 saturated carbocycles. The highest BCUT2D eigenvalue weighted by atomic mass is 16.5. The van der Waals surface area contributed by atoms with Gasteiger partial charge in [0.1, 0.15) is 0 Å². The molecule has 3 nitrogen and oxygen atoms in total. The lowest BCUT2D eigenvalue weighted by Gasteiger charge is -2.13. The van der Waals surface area contributed by atoms with Crippen LogP contribution in [0.5, 0.6) is 17.2 Å². The van der Waals surface area contributed by atoms with Gasteiger partial charge in [0.2, 0.25) is 5.75 Å². The molecule has 70 valence electrons. The molecule has 0 N–H and O–H groups in total. The predicted molar refractivity (Wildman–Crippen MR) is 49.5 cm³/mol. The Balaban J connectivity index is 3.27. The number of ether oxygens (including phenoxy) is 3. The third kappa shape index (κ3) is 1.69. The number of hydrogen-bond donors (Lipinski definition) is 0. The minimum Gasteiger partial charge on any atom is -0.493 e. The molecule has 0 fully saturated rings. The second kappa shape index (κ2) is 4.03. The zero-order chi connectivity index (χ0) is 9.84. The molecule has 0 bridgehead atoms. The molecular formula is C10H12O3. The fourth-order valence-corrected chi connectivity index (χ4v) is 1.12. The summed E-state index contributed by atoms with van der Waals surface area (Å²) in [5, 5.41) is 0. The maximum absolute atomic E-state index is 5.67. The molecule has 1 aromatic rings. The van der Waals surface area contributed by atoms with Gasteiger partial charge in [0, 0.05) is 12.5 Å². The van der Waals surface area contributed by atoms with Gasteiger partial charge in [0.15, 0.2) is 11.5 Å². The monoisotopic (exact) mass is 180 g/mol. The summed E-state index contributed by atoms with van der Waals surface area (Å²) in [5.74, 6) is 1.63. The van der Waals surface area contributed by atoms with Crippen molar-refractivity contribution in [3.63, 3.8) is 0 Å². The minimum atomic E-state index is 0.502. The van der Waals surface area contributed by atoms with Crippen LogP contribution < -0.4 is 14.2 Å². The highest BCUT2D eigenvalue weighted by Gasteiger charge is 2.12. The van der Waals surface area contributed by atoms with Crippen molar-refractivity contribution in [3.8, 4) is 17.2 Å². The van der Waals surface area contributed by atoms with Gasteiger partial charge in [-0.2, -0.15) is 0 Å².